The van der Waals surface area contributed by atoms with E-state index in [4.69, 9.17) is 11.6 Å². The number of benzene rings is 1. The summed E-state index contributed by atoms with van der Waals surface area (Å²) in [4.78, 5) is 14.8. The minimum Gasteiger partial charge on any atom is -0.389 e. The molecule has 6 nitrogen and oxygen atoms in total. The maximum atomic E-state index is 13.0. The molecule has 29 heavy (non-hydrogen) atoms. The van der Waals surface area contributed by atoms with Crippen LogP contribution >= 0.6 is 11.6 Å². The van der Waals surface area contributed by atoms with Gasteiger partial charge in [-0.15, -0.1) is 5.10 Å². The zero-order chi connectivity index (χ0) is 20.4. The number of likely N-dealkylation sites (tertiary alicyclic amines) is 1. The quantitative estimate of drug-likeness (QED) is 0.684. The Hall–Kier alpha value is -1.92. The Labute approximate surface area is 176 Å². The molecule has 3 atom stereocenters. The molecule has 1 aromatic carbocycles. The van der Waals surface area contributed by atoms with Crippen molar-refractivity contribution in [2.24, 2.45) is 0 Å². The fourth-order valence-electron chi connectivity index (χ4n) is 4.21. The highest BCUT2D eigenvalue weighted by molar-refractivity contribution is 6.30. The molecule has 1 N–H and O–H groups in total. The number of aliphatic hydroxyl groups is 1. The molecule has 2 aliphatic rings. The highest BCUT2D eigenvalue weighted by Gasteiger charge is 2.39. The van der Waals surface area contributed by atoms with E-state index in [1.54, 1.807) is 4.68 Å². The van der Waals surface area contributed by atoms with Crippen molar-refractivity contribution in [1.82, 2.24) is 19.9 Å². The van der Waals surface area contributed by atoms with Gasteiger partial charge in [-0.25, -0.2) is 4.68 Å². The van der Waals surface area contributed by atoms with E-state index in [2.05, 4.69) is 17.2 Å². The van der Waals surface area contributed by atoms with Crippen molar-refractivity contribution in [2.45, 2.75) is 76.0 Å². The van der Waals surface area contributed by atoms with E-state index in [1.807, 2.05) is 35.4 Å². The summed E-state index contributed by atoms with van der Waals surface area (Å²) in [5, 5.41) is 20.2. The molecule has 1 aliphatic carbocycles. The molecule has 0 spiro atoms. The van der Waals surface area contributed by atoms with Crippen LogP contribution in [0, 0.1) is 0 Å². The van der Waals surface area contributed by atoms with Gasteiger partial charge in [0.15, 0.2) is 0 Å². The Morgan fingerprint density at radius 1 is 1.24 bits per heavy atom. The number of carbonyl (C=O) groups is 1. The van der Waals surface area contributed by atoms with Gasteiger partial charge in [0.25, 0.3) is 0 Å². The van der Waals surface area contributed by atoms with Crippen LogP contribution in [0.4, 0.5) is 0 Å². The number of piperidine rings is 1. The summed E-state index contributed by atoms with van der Waals surface area (Å²) in [6, 6.07) is 7.36. The number of halogens is 1. The zero-order valence-electron chi connectivity index (χ0n) is 16.9. The molecular weight excluding hydrogens is 388 g/mol. The molecule has 1 saturated heterocycles. The molecule has 2 aromatic rings. The number of hydrogen-bond donors (Lipinski definition) is 1. The Balaban J connectivity index is 1.57. The smallest absolute Gasteiger partial charge is 0.223 e. The minimum atomic E-state index is -0.664. The Bertz CT molecular complexity index is 834. The molecule has 156 valence electrons. The van der Waals surface area contributed by atoms with E-state index >= 15 is 0 Å². The van der Waals surface area contributed by atoms with Gasteiger partial charge in [-0.2, -0.15) is 0 Å². The number of nitrogens with zero attached hydrogens (tertiary/aromatic N) is 4. The van der Waals surface area contributed by atoms with E-state index in [-0.39, 0.29) is 18.0 Å². The Kier molecular flexibility index (Phi) is 6.20. The summed E-state index contributed by atoms with van der Waals surface area (Å²) in [6.07, 6.45) is 7.77. The number of hydrogen-bond acceptors (Lipinski definition) is 4. The van der Waals surface area contributed by atoms with Gasteiger partial charge in [0, 0.05) is 30.1 Å². The third kappa shape index (κ3) is 4.64. The van der Waals surface area contributed by atoms with Crippen LogP contribution < -0.4 is 0 Å². The number of β-amino-alcohol motifs (C(OH)–C–C–N with tert-alkyl or cyclic N) is 1. The molecule has 2 fully saturated rings. The van der Waals surface area contributed by atoms with Crippen molar-refractivity contribution in [3.63, 3.8) is 0 Å². The molecular formula is C22H29ClN4O2. The first-order valence-corrected chi connectivity index (χ1v) is 11.1. The lowest BCUT2D eigenvalue weighted by atomic mass is 9.89. The van der Waals surface area contributed by atoms with Crippen LogP contribution in [0.2, 0.25) is 5.02 Å². The number of rotatable bonds is 7. The van der Waals surface area contributed by atoms with Gasteiger partial charge in [-0.1, -0.05) is 48.7 Å². The molecule has 0 bridgehead atoms. The van der Waals surface area contributed by atoms with E-state index < -0.39 is 6.10 Å². The average Bonchev–Trinajstić information content (AvgIpc) is 3.46. The highest BCUT2D eigenvalue weighted by Crippen LogP contribution is 2.41. The second-order valence-corrected chi connectivity index (χ2v) is 8.78. The fourth-order valence-corrected chi connectivity index (χ4v) is 4.34. The normalized spacial score (nSPS) is 24.7. The summed E-state index contributed by atoms with van der Waals surface area (Å²) in [5.74, 6) is 0.626. The third-order valence-electron chi connectivity index (χ3n) is 6.10. The van der Waals surface area contributed by atoms with Crippen LogP contribution in [-0.2, 0) is 4.79 Å². The maximum absolute atomic E-state index is 13.0. The van der Waals surface area contributed by atoms with Crippen LogP contribution in [0.5, 0.6) is 0 Å². The first kappa shape index (κ1) is 20.4. The Morgan fingerprint density at radius 2 is 2.00 bits per heavy atom. The number of aliphatic hydroxyl groups excluding tert-OH is 1. The van der Waals surface area contributed by atoms with E-state index in [1.165, 1.54) is 12.8 Å². The van der Waals surface area contributed by atoms with Crippen molar-refractivity contribution >= 4 is 17.5 Å². The fraction of sp³-hybridized carbons (Fsp3) is 0.591. The van der Waals surface area contributed by atoms with Gasteiger partial charge in [-0.05, 0) is 43.4 Å². The Morgan fingerprint density at radius 3 is 2.69 bits per heavy atom. The lowest BCUT2D eigenvalue weighted by Gasteiger charge is -2.42. The number of unbranched alkanes of at least 4 members (excludes halogenated alkanes) is 2. The summed E-state index contributed by atoms with van der Waals surface area (Å²) < 4.78 is 1.81. The molecule has 0 unspecified atom stereocenters. The van der Waals surface area contributed by atoms with Gasteiger partial charge in [-0.3, -0.25) is 4.79 Å². The topological polar surface area (TPSA) is 71.2 Å². The number of amides is 1. The molecule has 0 radical (unpaired) electrons. The van der Waals surface area contributed by atoms with Gasteiger partial charge in [0.2, 0.25) is 5.91 Å². The standard InChI is InChI=1S/C22H29ClN4O2/c1-2-3-4-5-22(29)26-14-21(28)20(27-13-18(24-25-27)15-6-7-15)12-19(26)16-8-10-17(23)11-9-16/h8-11,13,15,19-21,28H,2-7,12,14H2,1H3/t19-,20+,21+/m0/s1. The second-order valence-electron chi connectivity index (χ2n) is 8.34. The average molecular weight is 417 g/mol. The largest absolute Gasteiger partial charge is 0.389 e. The monoisotopic (exact) mass is 416 g/mol. The van der Waals surface area contributed by atoms with Gasteiger partial charge < -0.3 is 10.0 Å². The molecule has 1 aromatic heterocycles. The highest BCUT2D eigenvalue weighted by atomic mass is 35.5. The van der Waals surface area contributed by atoms with Crippen molar-refractivity contribution < 1.29 is 9.90 Å². The molecule has 1 saturated carbocycles. The summed E-state index contributed by atoms with van der Waals surface area (Å²) in [6.45, 7) is 2.44. The number of carbonyl (C=O) groups excluding carboxylic acids is 1. The lowest BCUT2D eigenvalue weighted by Crippen LogP contribution is -2.49. The SMILES string of the molecule is CCCCCC(=O)N1C[C@@H](O)[C@H](n2cc(C3CC3)nn2)C[C@H]1c1ccc(Cl)cc1. The van der Waals surface area contributed by atoms with Crippen molar-refractivity contribution in [1.29, 1.82) is 0 Å². The predicted octanol–water partition coefficient (Wildman–Crippen LogP) is 4.26. The van der Waals surface area contributed by atoms with Crippen LogP contribution in [-0.4, -0.2) is 43.6 Å². The van der Waals surface area contributed by atoms with Crippen molar-refractivity contribution in [3.05, 3.63) is 46.7 Å². The van der Waals surface area contributed by atoms with Gasteiger partial charge >= 0.3 is 0 Å². The first-order chi connectivity index (χ1) is 14.1. The van der Waals surface area contributed by atoms with Crippen LogP contribution in [0.3, 0.4) is 0 Å². The number of aromatic nitrogens is 3. The zero-order valence-corrected chi connectivity index (χ0v) is 17.6. The summed E-state index contributed by atoms with van der Waals surface area (Å²) in [7, 11) is 0. The van der Waals surface area contributed by atoms with Crippen molar-refractivity contribution in [2.75, 3.05) is 6.54 Å². The van der Waals surface area contributed by atoms with E-state index in [9.17, 15) is 9.90 Å². The van der Waals surface area contributed by atoms with Crippen LogP contribution in [0.1, 0.15) is 81.1 Å². The lowest BCUT2D eigenvalue weighted by molar-refractivity contribution is -0.140. The molecule has 1 aliphatic heterocycles. The van der Waals surface area contributed by atoms with E-state index in [0.29, 0.717) is 30.3 Å². The molecule has 4 rings (SSSR count). The minimum absolute atomic E-state index is 0.105. The summed E-state index contributed by atoms with van der Waals surface area (Å²) >= 11 is 6.08. The summed E-state index contributed by atoms with van der Waals surface area (Å²) in [5.41, 5.74) is 2.05. The second kappa shape index (κ2) is 8.84. The van der Waals surface area contributed by atoms with Crippen molar-refractivity contribution in [3.8, 4) is 0 Å². The predicted molar refractivity (Wildman–Crippen MR) is 112 cm³/mol. The molecule has 7 heteroatoms. The molecule has 1 amide bonds. The third-order valence-corrected chi connectivity index (χ3v) is 6.35. The van der Waals surface area contributed by atoms with Gasteiger partial charge in [0.05, 0.1) is 23.9 Å². The maximum Gasteiger partial charge on any atom is 0.223 e. The molecule has 2 heterocycles. The van der Waals surface area contributed by atoms with Crippen LogP contribution in [0.15, 0.2) is 30.5 Å². The van der Waals surface area contributed by atoms with Gasteiger partial charge in [0.1, 0.15) is 0 Å². The van der Waals surface area contributed by atoms with Crippen LogP contribution in [0.25, 0.3) is 0 Å². The first-order valence-electron chi connectivity index (χ1n) is 10.7. The van der Waals surface area contributed by atoms with E-state index in [0.717, 1.165) is 30.5 Å².